The average molecular weight is 250 g/mol. The van der Waals surface area contributed by atoms with Gasteiger partial charge in [0.05, 0.1) is 17.8 Å². The van der Waals surface area contributed by atoms with E-state index in [1.54, 1.807) is 0 Å². The Hall–Kier alpha value is 0.340. The van der Waals surface area contributed by atoms with E-state index < -0.39 is 27.3 Å². The molecule has 0 atom stereocenters. The second-order valence-electron chi connectivity index (χ2n) is 3.47. The van der Waals surface area contributed by atoms with Gasteiger partial charge in [0.25, 0.3) is 10.1 Å². The monoisotopic (exact) mass is 250 g/mol. The van der Waals surface area contributed by atoms with Crippen molar-refractivity contribution >= 4 is 45.6 Å². The molecular formula is C7H15NaO6S. The zero-order valence-corrected chi connectivity index (χ0v) is 8.87. The number of carbonyl (C=O) groups is 1. The second kappa shape index (κ2) is 6.82. The third-order valence-electron chi connectivity index (χ3n) is 1.42. The van der Waals surface area contributed by atoms with Crippen molar-refractivity contribution in [2.24, 2.45) is 5.41 Å². The van der Waals surface area contributed by atoms with Crippen LogP contribution in [-0.2, 0) is 19.6 Å². The van der Waals surface area contributed by atoms with Crippen LogP contribution in [0.3, 0.4) is 0 Å². The first-order chi connectivity index (χ1) is 6.19. The summed E-state index contributed by atoms with van der Waals surface area (Å²) < 4.78 is 34.1. The Labute approximate surface area is 111 Å². The van der Waals surface area contributed by atoms with Crippen LogP contribution < -0.4 is 0 Å². The molecule has 0 aromatic carbocycles. The molecule has 2 N–H and O–H groups in total. The molecule has 0 amide bonds. The van der Waals surface area contributed by atoms with Gasteiger partial charge in [0.1, 0.15) is 6.61 Å². The van der Waals surface area contributed by atoms with Crippen molar-refractivity contribution in [1.82, 2.24) is 0 Å². The maximum atomic E-state index is 11.2. The summed E-state index contributed by atoms with van der Waals surface area (Å²) in [6, 6.07) is 0. The first-order valence-corrected chi connectivity index (χ1v) is 5.53. The van der Waals surface area contributed by atoms with Gasteiger partial charge >= 0.3 is 35.5 Å². The van der Waals surface area contributed by atoms with E-state index in [2.05, 4.69) is 4.74 Å². The third-order valence-corrected chi connectivity index (χ3v) is 2.51. The molecule has 0 fully saturated rings. The molecule has 8 heteroatoms. The Morgan fingerprint density at radius 2 is 1.87 bits per heavy atom. The van der Waals surface area contributed by atoms with E-state index in [1.807, 2.05) is 0 Å². The van der Waals surface area contributed by atoms with Crippen LogP contribution in [0, 0.1) is 5.41 Å². The van der Waals surface area contributed by atoms with Crippen molar-refractivity contribution in [3.05, 3.63) is 0 Å². The first kappa shape index (κ1) is 17.7. The van der Waals surface area contributed by atoms with E-state index in [1.165, 1.54) is 13.8 Å². The molecule has 0 unspecified atom stereocenters. The number of hydrogen-bond acceptors (Lipinski definition) is 5. The maximum absolute atomic E-state index is 11.2. The van der Waals surface area contributed by atoms with E-state index in [0.717, 1.165) is 0 Å². The summed E-state index contributed by atoms with van der Waals surface area (Å²) in [5, 5.41) is 8.37. The van der Waals surface area contributed by atoms with Gasteiger partial charge in [-0.2, -0.15) is 8.42 Å². The zero-order valence-electron chi connectivity index (χ0n) is 8.06. The van der Waals surface area contributed by atoms with Gasteiger partial charge < -0.3 is 9.84 Å². The number of carbonyl (C=O) groups excluding carboxylic acids is 1. The minimum absolute atomic E-state index is 0. The molecule has 0 rings (SSSR count). The topological polar surface area (TPSA) is 101 Å². The van der Waals surface area contributed by atoms with Crippen molar-refractivity contribution in [2.75, 3.05) is 19.0 Å². The Bertz CT molecular complexity index is 297. The molecule has 0 aromatic rings. The SMILES string of the molecule is CC(C)(CS(=O)(=O)O)C(=O)OCCO.[NaH]. The van der Waals surface area contributed by atoms with Crippen LogP contribution in [0.2, 0.25) is 0 Å². The summed E-state index contributed by atoms with van der Waals surface area (Å²) in [5.41, 5.74) is -1.32. The molecule has 0 aromatic heterocycles. The fourth-order valence-electron chi connectivity index (χ4n) is 0.849. The number of aliphatic hydroxyl groups is 1. The molecule has 86 valence electrons. The Morgan fingerprint density at radius 1 is 1.40 bits per heavy atom. The Morgan fingerprint density at radius 3 is 2.20 bits per heavy atom. The van der Waals surface area contributed by atoms with Crippen LogP contribution in [0.4, 0.5) is 0 Å². The van der Waals surface area contributed by atoms with E-state index in [0.29, 0.717) is 0 Å². The number of rotatable bonds is 5. The van der Waals surface area contributed by atoms with Crippen LogP contribution in [-0.4, -0.2) is 72.6 Å². The Kier molecular flexibility index (Phi) is 8.06. The van der Waals surface area contributed by atoms with Gasteiger partial charge in [-0.05, 0) is 13.8 Å². The first-order valence-electron chi connectivity index (χ1n) is 3.92. The number of ether oxygens (including phenoxy) is 1. The minimum atomic E-state index is -4.22. The van der Waals surface area contributed by atoms with Crippen LogP contribution in [0.15, 0.2) is 0 Å². The summed E-state index contributed by atoms with van der Waals surface area (Å²) in [4.78, 5) is 11.2. The van der Waals surface area contributed by atoms with Gasteiger partial charge in [0.2, 0.25) is 0 Å². The molecule has 6 nitrogen and oxygen atoms in total. The summed E-state index contributed by atoms with van der Waals surface area (Å²) in [7, 11) is -4.22. The van der Waals surface area contributed by atoms with Gasteiger partial charge in [0, 0.05) is 0 Å². The predicted molar refractivity (Wildman–Crippen MR) is 55.4 cm³/mol. The Balaban J connectivity index is 0. The van der Waals surface area contributed by atoms with Gasteiger partial charge in [-0.15, -0.1) is 0 Å². The second-order valence-corrected chi connectivity index (χ2v) is 4.92. The molecule has 0 heterocycles. The molecule has 0 aliphatic carbocycles. The fourth-order valence-corrected chi connectivity index (χ4v) is 1.88. The summed E-state index contributed by atoms with van der Waals surface area (Å²) in [6.45, 7) is 2.16. The van der Waals surface area contributed by atoms with Crippen LogP contribution >= 0.6 is 0 Å². The fraction of sp³-hybridized carbons (Fsp3) is 0.857. The predicted octanol–water partition coefficient (Wildman–Crippen LogP) is -1.21. The molecule has 0 bridgehead atoms. The van der Waals surface area contributed by atoms with Gasteiger partial charge in [0.15, 0.2) is 0 Å². The summed E-state index contributed by atoms with van der Waals surface area (Å²) >= 11 is 0. The third kappa shape index (κ3) is 8.18. The van der Waals surface area contributed by atoms with E-state index in [9.17, 15) is 13.2 Å². The molecule has 0 saturated carbocycles. The molecular weight excluding hydrogens is 235 g/mol. The quantitative estimate of drug-likeness (QED) is 0.360. The van der Waals surface area contributed by atoms with Crippen LogP contribution in [0.25, 0.3) is 0 Å². The molecule has 15 heavy (non-hydrogen) atoms. The molecule has 0 aliphatic rings. The van der Waals surface area contributed by atoms with Crippen LogP contribution in [0.1, 0.15) is 13.8 Å². The zero-order chi connectivity index (χ0) is 11.4. The summed E-state index contributed by atoms with van der Waals surface area (Å²) in [5.74, 6) is -1.48. The van der Waals surface area contributed by atoms with E-state index >= 15 is 0 Å². The summed E-state index contributed by atoms with van der Waals surface area (Å²) in [6.07, 6.45) is 0. The van der Waals surface area contributed by atoms with Crippen molar-refractivity contribution in [3.63, 3.8) is 0 Å². The standard InChI is InChI=1S/C7H14O6S.Na.H/c1-7(2,5-14(10,11)12)6(9)13-4-3-8;;/h8H,3-5H2,1-2H3,(H,10,11,12);;. The van der Waals surface area contributed by atoms with Crippen molar-refractivity contribution in [3.8, 4) is 0 Å². The van der Waals surface area contributed by atoms with Gasteiger partial charge in [-0.1, -0.05) is 0 Å². The number of esters is 1. The van der Waals surface area contributed by atoms with Crippen molar-refractivity contribution in [1.29, 1.82) is 0 Å². The van der Waals surface area contributed by atoms with Crippen molar-refractivity contribution < 1.29 is 27.6 Å². The number of aliphatic hydroxyl groups excluding tert-OH is 1. The molecule has 0 saturated heterocycles. The molecule has 0 aliphatic heterocycles. The van der Waals surface area contributed by atoms with Crippen LogP contribution in [0.5, 0.6) is 0 Å². The van der Waals surface area contributed by atoms with E-state index in [-0.39, 0.29) is 42.8 Å². The average Bonchev–Trinajstić information content (AvgIpc) is 1.95. The normalized spacial score (nSPS) is 11.7. The van der Waals surface area contributed by atoms with Gasteiger partial charge in [-0.25, -0.2) is 0 Å². The number of hydrogen-bond donors (Lipinski definition) is 2. The molecule has 0 spiro atoms. The van der Waals surface area contributed by atoms with E-state index in [4.69, 9.17) is 9.66 Å². The van der Waals surface area contributed by atoms with Crippen molar-refractivity contribution in [2.45, 2.75) is 13.8 Å². The van der Waals surface area contributed by atoms with Gasteiger partial charge in [-0.3, -0.25) is 9.35 Å². The molecule has 0 radical (unpaired) electrons.